The Bertz CT molecular complexity index is 603. The van der Waals surface area contributed by atoms with Crippen molar-refractivity contribution in [1.29, 1.82) is 0 Å². The lowest BCUT2D eigenvalue weighted by Gasteiger charge is -2.11. The average molecular weight is 316 g/mol. The van der Waals surface area contributed by atoms with E-state index in [9.17, 15) is 9.59 Å². The van der Waals surface area contributed by atoms with E-state index in [4.69, 9.17) is 9.84 Å². The first-order chi connectivity index (χ1) is 11.0. The van der Waals surface area contributed by atoms with Gasteiger partial charge in [-0.25, -0.2) is 9.59 Å². The Morgan fingerprint density at radius 3 is 2.04 bits per heavy atom. The number of nitrogens with zero attached hydrogens (tertiary/aromatic N) is 1. The molecule has 2 aromatic rings. The van der Waals surface area contributed by atoms with Crippen LogP contribution in [0.3, 0.4) is 0 Å². The number of ether oxygens (including phenoxy) is 1. The molecule has 0 radical (unpaired) electrons. The van der Waals surface area contributed by atoms with Crippen LogP contribution in [0.15, 0.2) is 60.7 Å². The van der Waals surface area contributed by atoms with Crippen molar-refractivity contribution in [3.8, 4) is 0 Å². The lowest BCUT2D eigenvalue weighted by Crippen LogP contribution is -2.23. The van der Waals surface area contributed by atoms with Crippen LogP contribution in [0.1, 0.15) is 6.92 Å². The number of carbonyl (C=O) groups excluding carboxylic acids is 1. The Morgan fingerprint density at radius 2 is 1.57 bits per heavy atom. The van der Waals surface area contributed by atoms with Gasteiger partial charge in [-0.2, -0.15) is 0 Å². The Morgan fingerprint density at radius 1 is 1.04 bits per heavy atom. The summed E-state index contributed by atoms with van der Waals surface area (Å²) in [6.07, 6.45) is -1.36. The van der Waals surface area contributed by atoms with Crippen LogP contribution in [0, 0.1) is 0 Å². The van der Waals surface area contributed by atoms with Crippen molar-refractivity contribution in [3.05, 3.63) is 60.7 Å². The highest BCUT2D eigenvalue weighted by atomic mass is 16.5. The normalized spacial score (nSPS) is 9.13. The molecule has 0 aromatic heterocycles. The molecule has 0 aliphatic rings. The first kappa shape index (κ1) is 18.0. The van der Waals surface area contributed by atoms with Gasteiger partial charge in [0.2, 0.25) is 0 Å². The molecule has 2 amide bonds. The molecule has 2 aromatic carbocycles. The second-order valence-corrected chi connectivity index (χ2v) is 4.39. The molecule has 6 heteroatoms. The van der Waals surface area contributed by atoms with Crippen LogP contribution in [0.4, 0.5) is 21.0 Å². The first-order valence-corrected chi connectivity index (χ1v) is 7.05. The summed E-state index contributed by atoms with van der Waals surface area (Å²) in [6.45, 7) is 2.16. The minimum Gasteiger partial charge on any atom is -0.465 e. The molecule has 0 aliphatic carbocycles. The van der Waals surface area contributed by atoms with E-state index in [0.29, 0.717) is 12.3 Å². The lowest BCUT2D eigenvalue weighted by atomic mass is 10.3. The van der Waals surface area contributed by atoms with Gasteiger partial charge >= 0.3 is 12.2 Å². The highest BCUT2D eigenvalue weighted by Gasteiger charge is 2.05. The zero-order valence-electron chi connectivity index (χ0n) is 13.1. The summed E-state index contributed by atoms with van der Waals surface area (Å²) in [4.78, 5) is 22.5. The Hall–Kier alpha value is -3.02. The second-order valence-electron chi connectivity index (χ2n) is 4.39. The van der Waals surface area contributed by atoms with E-state index in [0.717, 1.165) is 5.69 Å². The van der Waals surface area contributed by atoms with Crippen LogP contribution in [0.5, 0.6) is 0 Å². The summed E-state index contributed by atoms with van der Waals surface area (Å²) < 4.78 is 4.70. The summed E-state index contributed by atoms with van der Waals surface area (Å²) in [6, 6.07) is 18.1. The van der Waals surface area contributed by atoms with Crippen molar-refractivity contribution >= 4 is 23.6 Å². The zero-order chi connectivity index (χ0) is 17.1. The summed E-state index contributed by atoms with van der Waals surface area (Å²) in [5.74, 6) is 0. The van der Waals surface area contributed by atoms with Gasteiger partial charge in [0, 0.05) is 18.4 Å². The quantitative estimate of drug-likeness (QED) is 0.895. The minimum atomic E-state index is -0.948. The minimum absolute atomic E-state index is 0.388. The van der Waals surface area contributed by atoms with Crippen LogP contribution in [-0.4, -0.2) is 30.9 Å². The van der Waals surface area contributed by atoms with Crippen molar-refractivity contribution in [3.63, 3.8) is 0 Å². The molecule has 122 valence electrons. The number of hydrogen-bond acceptors (Lipinski definition) is 3. The summed E-state index contributed by atoms with van der Waals surface area (Å²) in [5.41, 5.74) is 1.43. The van der Waals surface area contributed by atoms with Gasteiger partial charge in [0.1, 0.15) is 0 Å². The fourth-order valence-corrected chi connectivity index (χ4v) is 1.57. The molecule has 23 heavy (non-hydrogen) atoms. The summed E-state index contributed by atoms with van der Waals surface area (Å²) >= 11 is 0. The van der Waals surface area contributed by atoms with E-state index >= 15 is 0 Å². The van der Waals surface area contributed by atoms with E-state index in [2.05, 4.69) is 5.32 Å². The largest absolute Gasteiger partial charge is 0.465 e. The Labute approximate surface area is 135 Å². The lowest BCUT2D eigenvalue weighted by molar-refractivity contribution is 0.168. The van der Waals surface area contributed by atoms with E-state index in [1.165, 1.54) is 11.9 Å². The van der Waals surface area contributed by atoms with E-state index < -0.39 is 12.2 Å². The van der Waals surface area contributed by atoms with Gasteiger partial charge in [-0.1, -0.05) is 36.4 Å². The number of hydrogen-bond donors (Lipinski definition) is 2. The zero-order valence-corrected chi connectivity index (χ0v) is 13.1. The molecule has 0 aliphatic heterocycles. The summed E-state index contributed by atoms with van der Waals surface area (Å²) in [7, 11) is 1.51. The molecule has 2 N–H and O–H groups in total. The van der Waals surface area contributed by atoms with Crippen LogP contribution in [-0.2, 0) is 4.74 Å². The van der Waals surface area contributed by atoms with E-state index in [1.807, 2.05) is 24.3 Å². The van der Waals surface area contributed by atoms with Crippen molar-refractivity contribution in [2.24, 2.45) is 0 Å². The van der Waals surface area contributed by atoms with Crippen molar-refractivity contribution in [2.75, 3.05) is 23.9 Å². The molecule has 0 fully saturated rings. The predicted molar refractivity (Wildman–Crippen MR) is 90.0 cm³/mol. The maximum Gasteiger partial charge on any atom is 0.411 e. The Kier molecular flexibility index (Phi) is 7.71. The third-order valence-electron chi connectivity index (χ3n) is 2.73. The number of rotatable bonds is 3. The van der Waals surface area contributed by atoms with Gasteiger partial charge in [0.05, 0.1) is 6.61 Å². The van der Waals surface area contributed by atoms with Gasteiger partial charge in [-0.05, 0) is 31.2 Å². The van der Waals surface area contributed by atoms with Gasteiger partial charge < -0.3 is 9.84 Å². The number of amides is 2. The smallest absolute Gasteiger partial charge is 0.411 e. The topological polar surface area (TPSA) is 78.9 Å². The second kappa shape index (κ2) is 9.83. The molecule has 0 unspecified atom stereocenters. The molecule has 0 spiro atoms. The molecule has 0 bridgehead atoms. The van der Waals surface area contributed by atoms with Gasteiger partial charge in [-0.15, -0.1) is 0 Å². The van der Waals surface area contributed by atoms with Crippen LogP contribution in [0.2, 0.25) is 0 Å². The first-order valence-electron chi connectivity index (χ1n) is 7.05. The third-order valence-corrected chi connectivity index (χ3v) is 2.73. The SMILES string of the molecule is CCOC(=O)Nc1ccccc1.CN(C(=O)O)c1ccccc1. The number of carboxylic acid groups (broad SMARTS) is 1. The monoisotopic (exact) mass is 316 g/mol. The van der Waals surface area contributed by atoms with Crippen LogP contribution < -0.4 is 10.2 Å². The highest BCUT2D eigenvalue weighted by Crippen LogP contribution is 2.10. The van der Waals surface area contributed by atoms with E-state index in [-0.39, 0.29) is 0 Å². The molecule has 6 nitrogen and oxygen atoms in total. The standard InChI is InChI=1S/C9H11NO2.C8H9NO2/c1-2-12-9(11)10-8-6-4-3-5-7-8;1-9(8(10)11)7-5-3-2-4-6-7/h3-7H,2H2,1H3,(H,10,11);2-6H,1H3,(H,10,11). The van der Waals surface area contributed by atoms with Crippen molar-refractivity contribution < 1.29 is 19.4 Å². The number of anilines is 2. The molecular weight excluding hydrogens is 296 g/mol. The maximum atomic E-state index is 10.9. The number of nitrogens with one attached hydrogen (secondary N) is 1. The van der Waals surface area contributed by atoms with E-state index in [1.54, 1.807) is 43.3 Å². The van der Waals surface area contributed by atoms with Gasteiger partial charge in [-0.3, -0.25) is 10.2 Å². The van der Waals surface area contributed by atoms with Crippen molar-refractivity contribution in [2.45, 2.75) is 6.92 Å². The molecule has 0 atom stereocenters. The number of benzene rings is 2. The Balaban J connectivity index is 0.000000231. The van der Waals surface area contributed by atoms with Gasteiger partial charge in [0.15, 0.2) is 0 Å². The van der Waals surface area contributed by atoms with Gasteiger partial charge in [0.25, 0.3) is 0 Å². The fraction of sp³-hybridized carbons (Fsp3) is 0.176. The predicted octanol–water partition coefficient (Wildman–Crippen LogP) is 4.06. The van der Waals surface area contributed by atoms with Crippen LogP contribution >= 0.6 is 0 Å². The molecule has 2 rings (SSSR count). The van der Waals surface area contributed by atoms with Crippen LogP contribution in [0.25, 0.3) is 0 Å². The molecular formula is C17H20N2O4. The summed E-state index contributed by atoms with van der Waals surface area (Å²) in [5, 5.41) is 11.1. The van der Waals surface area contributed by atoms with Crippen molar-refractivity contribution in [1.82, 2.24) is 0 Å². The number of carbonyl (C=O) groups is 2. The molecule has 0 saturated heterocycles. The highest BCUT2D eigenvalue weighted by molar-refractivity contribution is 5.85. The molecule has 0 heterocycles. The molecule has 0 saturated carbocycles. The fourth-order valence-electron chi connectivity index (χ4n) is 1.57. The maximum absolute atomic E-state index is 10.9. The number of para-hydroxylation sites is 2. The average Bonchev–Trinajstić information content (AvgIpc) is 2.56. The third kappa shape index (κ3) is 6.99.